The third-order valence-electron chi connectivity index (χ3n) is 3.33. The summed E-state index contributed by atoms with van der Waals surface area (Å²) in [6, 6.07) is 6.98. The highest BCUT2D eigenvalue weighted by Crippen LogP contribution is 2.16. The van der Waals surface area contributed by atoms with Crippen molar-refractivity contribution < 1.29 is 8.42 Å². The highest BCUT2D eigenvalue weighted by Gasteiger charge is 2.21. The summed E-state index contributed by atoms with van der Waals surface area (Å²) in [5, 5.41) is 0. The fraction of sp³-hybridized carbons (Fsp3) is 0.571. The lowest BCUT2D eigenvalue weighted by Crippen LogP contribution is -2.34. The van der Waals surface area contributed by atoms with Gasteiger partial charge in [-0.05, 0) is 37.0 Å². The molecule has 4 nitrogen and oxygen atoms in total. The van der Waals surface area contributed by atoms with Gasteiger partial charge in [0.05, 0.1) is 4.90 Å². The van der Waals surface area contributed by atoms with Crippen LogP contribution in [0.5, 0.6) is 0 Å². The largest absolute Gasteiger partial charge is 0.327 e. The van der Waals surface area contributed by atoms with Gasteiger partial charge in [0.2, 0.25) is 10.0 Å². The predicted molar refractivity (Wildman–Crippen MR) is 78.4 cm³/mol. The van der Waals surface area contributed by atoms with Gasteiger partial charge >= 0.3 is 0 Å². The van der Waals surface area contributed by atoms with Gasteiger partial charge in [-0.3, -0.25) is 0 Å². The molecular formula is C14H24N2O2S. The number of hydrogen-bond donors (Lipinski definition) is 1. The smallest absolute Gasteiger partial charge is 0.242 e. The van der Waals surface area contributed by atoms with Gasteiger partial charge in [-0.2, -0.15) is 0 Å². The molecule has 1 atom stereocenters. The molecule has 0 heterocycles. The molecule has 0 aromatic heterocycles. The third kappa shape index (κ3) is 4.30. The number of aryl methyl sites for hydroxylation is 1. The van der Waals surface area contributed by atoms with Crippen LogP contribution in [0.4, 0.5) is 0 Å². The van der Waals surface area contributed by atoms with E-state index in [0.717, 1.165) is 5.56 Å². The molecule has 1 unspecified atom stereocenters. The quantitative estimate of drug-likeness (QED) is 0.869. The average Bonchev–Trinajstić information content (AvgIpc) is 2.35. The molecule has 108 valence electrons. The Labute approximate surface area is 116 Å². The topological polar surface area (TPSA) is 63.4 Å². The second-order valence-corrected chi connectivity index (χ2v) is 7.38. The van der Waals surface area contributed by atoms with E-state index in [1.165, 1.54) is 4.31 Å². The van der Waals surface area contributed by atoms with E-state index in [-0.39, 0.29) is 6.04 Å². The summed E-state index contributed by atoms with van der Waals surface area (Å²) >= 11 is 0. The summed E-state index contributed by atoms with van der Waals surface area (Å²) in [6.45, 7) is 6.41. The number of benzene rings is 1. The molecule has 0 spiro atoms. The second kappa shape index (κ2) is 6.50. The summed E-state index contributed by atoms with van der Waals surface area (Å²) in [4.78, 5) is 0.341. The standard InChI is InChI=1S/C14H24N2O2S/c1-11(2)14(15)8-9-16(4)19(17,18)13-7-5-6-12(3)10-13/h5-7,10-11,14H,8-9,15H2,1-4H3. The molecule has 19 heavy (non-hydrogen) atoms. The zero-order chi connectivity index (χ0) is 14.6. The number of rotatable bonds is 6. The van der Waals surface area contributed by atoms with Crippen molar-refractivity contribution in [2.45, 2.75) is 38.1 Å². The first-order valence-electron chi connectivity index (χ1n) is 6.53. The monoisotopic (exact) mass is 284 g/mol. The molecule has 5 heteroatoms. The van der Waals surface area contributed by atoms with Crippen molar-refractivity contribution in [3.63, 3.8) is 0 Å². The van der Waals surface area contributed by atoms with Crippen LogP contribution >= 0.6 is 0 Å². The molecule has 0 saturated carbocycles. The minimum atomic E-state index is -3.41. The predicted octanol–water partition coefficient (Wildman–Crippen LogP) is 1.99. The Balaban J connectivity index is 2.78. The van der Waals surface area contributed by atoms with Gasteiger partial charge in [0.1, 0.15) is 0 Å². The minimum Gasteiger partial charge on any atom is -0.327 e. The maximum atomic E-state index is 12.4. The lowest BCUT2D eigenvalue weighted by atomic mass is 10.0. The van der Waals surface area contributed by atoms with E-state index >= 15 is 0 Å². The van der Waals surface area contributed by atoms with Crippen LogP contribution in [0.15, 0.2) is 29.2 Å². The van der Waals surface area contributed by atoms with E-state index in [1.54, 1.807) is 25.2 Å². The molecule has 0 aliphatic rings. The molecule has 1 aromatic carbocycles. The Hall–Kier alpha value is -0.910. The Kier molecular flexibility index (Phi) is 5.52. The number of nitrogens with two attached hydrogens (primary N) is 1. The van der Waals surface area contributed by atoms with E-state index in [0.29, 0.717) is 23.8 Å². The Bertz CT molecular complexity index is 512. The van der Waals surface area contributed by atoms with Gasteiger partial charge in [-0.1, -0.05) is 26.0 Å². The van der Waals surface area contributed by atoms with Crippen molar-refractivity contribution in [3.8, 4) is 0 Å². The van der Waals surface area contributed by atoms with E-state index in [1.807, 2.05) is 26.8 Å². The average molecular weight is 284 g/mol. The van der Waals surface area contributed by atoms with Crippen LogP contribution < -0.4 is 5.73 Å². The van der Waals surface area contributed by atoms with Gasteiger partial charge in [-0.25, -0.2) is 12.7 Å². The third-order valence-corrected chi connectivity index (χ3v) is 5.18. The highest BCUT2D eigenvalue weighted by atomic mass is 32.2. The van der Waals surface area contributed by atoms with Crippen molar-refractivity contribution in [2.24, 2.45) is 11.7 Å². The number of sulfonamides is 1. The maximum absolute atomic E-state index is 12.4. The minimum absolute atomic E-state index is 0.0233. The van der Waals surface area contributed by atoms with Gasteiger partial charge in [0.25, 0.3) is 0 Å². The zero-order valence-electron chi connectivity index (χ0n) is 12.1. The van der Waals surface area contributed by atoms with E-state index in [4.69, 9.17) is 5.73 Å². The zero-order valence-corrected chi connectivity index (χ0v) is 12.9. The molecule has 0 aliphatic carbocycles. The summed E-state index contributed by atoms with van der Waals surface area (Å²) < 4.78 is 26.1. The van der Waals surface area contributed by atoms with Crippen LogP contribution in [0.1, 0.15) is 25.8 Å². The lowest BCUT2D eigenvalue weighted by molar-refractivity contribution is 0.397. The molecule has 1 aromatic rings. The fourth-order valence-corrected chi connectivity index (χ4v) is 3.03. The first kappa shape index (κ1) is 16.1. The lowest BCUT2D eigenvalue weighted by Gasteiger charge is -2.21. The molecule has 0 radical (unpaired) electrons. The first-order chi connectivity index (χ1) is 8.75. The van der Waals surface area contributed by atoms with Crippen LogP contribution in [0.2, 0.25) is 0 Å². The van der Waals surface area contributed by atoms with Crippen LogP contribution in [0, 0.1) is 12.8 Å². The molecule has 1 rings (SSSR count). The van der Waals surface area contributed by atoms with Crippen LogP contribution in [0.25, 0.3) is 0 Å². The molecule has 0 amide bonds. The van der Waals surface area contributed by atoms with Gasteiger partial charge in [-0.15, -0.1) is 0 Å². The van der Waals surface area contributed by atoms with E-state index in [2.05, 4.69) is 0 Å². The van der Waals surface area contributed by atoms with Gasteiger partial charge < -0.3 is 5.73 Å². The molecule has 0 bridgehead atoms. The fourth-order valence-electron chi connectivity index (χ4n) is 1.74. The molecular weight excluding hydrogens is 260 g/mol. The van der Waals surface area contributed by atoms with E-state index < -0.39 is 10.0 Å². The van der Waals surface area contributed by atoms with Crippen LogP contribution in [-0.2, 0) is 10.0 Å². The maximum Gasteiger partial charge on any atom is 0.242 e. The summed E-state index contributed by atoms with van der Waals surface area (Å²) in [5.41, 5.74) is 6.89. The van der Waals surface area contributed by atoms with Crippen molar-refractivity contribution in [1.29, 1.82) is 0 Å². The summed E-state index contributed by atoms with van der Waals surface area (Å²) in [7, 11) is -1.80. The highest BCUT2D eigenvalue weighted by molar-refractivity contribution is 7.89. The molecule has 2 N–H and O–H groups in total. The number of nitrogens with zero attached hydrogens (tertiary/aromatic N) is 1. The van der Waals surface area contributed by atoms with Crippen molar-refractivity contribution in [1.82, 2.24) is 4.31 Å². The molecule has 0 fully saturated rings. The Morgan fingerprint density at radius 1 is 1.32 bits per heavy atom. The van der Waals surface area contributed by atoms with Crippen LogP contribution in [0.3, 0.4) is 0 Å². The van der Waals surface area contributed by atoms with Crippen molar-refractivity contribution in [2.75, 3.05) is 13.6 Å². The molecule has 0 saturated heterocycles. The summed E-state index contributed by atoms with van der Waals surface area (Å²) in [5.74, 6) is 0.357. The van der Waals surface area contributed by atoms with Crippen molar-refractivity contribution >= 4 is 10.0 Å². The number of hydrogen-bond acceptors (Lipinski definition) is 3. The summed E-state index contributed by atoms with van der Waals surface area (Å²) in [6.07, 6.45) is 0.666. The SMILES string of the molecule is Cc1cccc(S(=O)(=O)N(C)CCC(N)C(C)C)c1. The van der Waals surface area contributed by atoms with E-state index in [9.17, 15) is 8.42 Å². The first-order valence-corrected chi connectivity index (χ1v) is 7.97. The molecule has 0 aliphatic heterocycles. The normalized spacial score (nSPS) is 14.1. The van der Waals surface area contributed by atoms with Crippen molar-refractivity contribution in [3.05, 3.63) is 29.8 Å². The Morgan fingerprint density at radius 2 is 1.95 bits per heavy atom. The van der Waals surface area contributed by atoms with Crippen LogP contribution in [-0.4, -0.2) is 32.4 Å². The Morgan fingerprint density at radius 3 is 2.47 bits per heavy atom. The second-order valence-electron chi connectivity index (χ2n) is 5.34. The van der Waals surface area contributed by atoms with Gasteiger partial charge in [0.15, 0.2) is 0 Å². The van der Waals surface area contributed by atoms with Gasteiger partial charge in [0, 0.05) is 19.6 Å².